The van der Waals surface area contributed by atoms with E-state index in [4.69, 9.17) is 4.74 Å². The van der Waals surface area contributed by atoms with Gasteiger partial charge in [-0.05, 0) is 42.8 Å². The highest BCUT2D eigenvalue weighted by Crippen LogP contribution is 2.21. The lowest BCUT2D eigenvalue weighted by Crippen LogP contribution is -2.21. The number of ether oxygens (including phenoxy) is 1. The Hall–Kier alpha value is -3.19. The summed E-state index contributed by atoms with van der Waals surface area (Å²) in [7, 11) is -4.11. The third-order valence-corrected chi connectivity index (χ3v) is 6.91. The number of benzene rings is 2. The number of amides is 1. The number of carbonyl (C=O) groups is 2. The summed E-state index contributed by atoms with van der Waals surface area (Å²) in [6, 6.07) is 16.7. The van der Waals surface area contributed by atoms with E-state index in [0.717, 1.165) is 25.7 Å². The normalized spacial score (nSPS) is 12.0. The van der Waals surface area contributed by atoms with E-state index in [0.29, 0.717) is 12.1 Å². The van der Waals surface area contributed by atoms with Gasteiger partial charge in [0.1, 0.15) is 0 Å². The molecular formula is C27H33NO5S. The van der Waals surface area contributed by atoms with Gasteiger partial charge in [0.2, 0.25) is 15.7 Å². The van der Waals surface area contributed by atoms with Crippen LogP contribution in [0.15, 0.2) is 88.8 Å². The van der Waals surface area contributed by atoms with Crippen LogP contribution in [-0.4, -0.2) is 26.9 Å². The summed E-state index contributed by atoms with van der Waals surface area (Å²) in [5.41, 5.74) is 0.623. The van der Waals surface area contributed by atoms with Crippen molar-refractivity contribution in [1.29, 1.82) is 0 Å². The molecule has 0 aromatic heterocycles. The molecule has 0 atom stereocenters. The number of unbranched alkanes of at least 4 members (excludes halogenated alkanes) is 5. The van der Waals surface area contributed by atoms with Crippen LogP contribution in [-0.2, 0) is 24.2 Å². The summed E-state index contributed by atoms with van der Waals surface area (Å²) >= 11 is 0. The molecule has 0 aliphatic carbocycles. The van der Waals surface area contributed by atoms with E-state index < -0.39 is 20.7 Å². The molecule has 0 radical (unpaired) electrons. The maximum absolute atomic E-state index is 13.2. The summed E-state index contributed by atoms with van der Waals surface area (Å²) < 4.78 is 31.7. The van der Waals surface area contributed by atoms with E-state index in [1.807, 2.05) is 6.07 Å². The predicted molar refractivity (Wildman–Crippen MR) is 135 cm³/mol. The lowest BCUT2D eigenvalue weighted by Gasteiger charge is -2.16. The Balaban J connectivity index is 2.23. The van der Waals surface area contributed by atoms with E-state index >= 15 is 0 Å². The third kappa shape index (κ3) is 8.30. The van der Waals surface area contributed by atoms with Gasteiger partial charge < -0.3 is 4.74 Å². The molecule has 0 N–H and O–H groups in total. The molecule has 0 saturated heterocycles. The molecule has 0 aliphatic rings. The summed E-state index contributed by atoms with van der Waals surface area (Å²) in [5.74, 6) is -1.16. The van der Waals surface area contributed by atoms with Gasteiger partial charge in [-0.3, -0.25) is 9.69 Å². The minimum atomic E-state index is -4.11. The number of hydrogen-bond acceptors (Lipinski definition) is 5. The zero-order valence-electron chi connectivity index (χ0n) is 19.9. The molecule has 0 heterocycles. The fraction of sp³-hybridized carbons (Fsp3) is 0.333. The smallest absolute Gasteiger partial charge is 0.350 e. The quantitative estimate of drug-likeness (QED) is 0.155. The van der Waals surface area contributed by atoms with Crippen molar-refractivity contribution in [3.63, 3.8) is 0 Å². The topological polar surface area (TPSA) is 80.8 Å². The minimum Gasteiger partial charge on any atom is -0.462 e. The monoisotopic (exact) mass is 483 g/mol. The highest BCUT2D eigenvalue weighted by Gasteiger charge is 2.27. The highest BCUT2D eigenvalue weighted by atomic mass is 32.2. The number of allylic oxidation sites excluding steroid dienone is 2. The summed E-state index contributed by atoms with van der Waals surface area (Å²) in [6.45, 7) is 3.70. The van der Waals surface area contributed by atoms with Crippen LogP contribution >= 0.6 is 0 Å². The van der Waals surface area contributed by atoms with Crippen LogP contribution in [0, 0.1) is 0 Å². The van der Waals surface area contributed by atoms with Crippen molar-refractivity contribution >= 4 is 27.4 Å². The molecule has 2 aromatic rings. The molecule has 0 bridgehead atoms. The van der Waals surface area contributed by atoms with Crippen molar-refractivity contribution in [1.82, 2.24) is 0 Å². The van der Waals surface area contributed by atoms with E-state index in [1.165, 1.54) is 48.7 Å². The van der Waals surface area contributed by atoms with Gasteiger partial charge in [-0.15, -0.1) is 0 Å². The number of hydrogen-bond donors (Lipinski definition) is 0. The molecule has 0 fully saturated rings. The molecule has 7 heteroatoms. The van der Waals surface area contributed by atoms with Crippen molar-refractivity contribution in [2.24, 2.45) is 0 Å². The molecule has 0 aliphatic heterocycles. The van der Waals surface area contributed by atoms with Gasteiger partial charge in [-0.1, -0.05) is 75.4 Å². The van der Waals surface area contributed by atoms with Crippen LogP contribution in [0.5, 0.6) is 0 Å². The molecule has 34 heavy (non-hydrogen) atoms. The van der Waals surface area contributed by atoms with Gasteiger partial charge in [-0.25, -0.2) is 13.2 Å². The van der Waals surface area contributed by atoms with Crippen molar-refractivity contribution in [3.8, 4) is 0 Å². The standard InChI is InChI=1S/C27H33NO5S/c1-3-4-5-6-7-14-22-33-27(30)26(34(31,32)25-18-12-9-13-19-25)20-15-21-28(23(2)29)24-16-10-8-11-17-24/h8-13,15-21H,3-7,14,22H2,1-2H3/b21-15+,26-20-. The lowest BCUT2D eigenvalue weighted by molar-refractivity contribution is -0.138. The maximum Gasteiger partial charge on any atom is 0.350 e. The fourth-order valence-electron chi connectivity index (χ4n) is 3.29. The number of sulfone groups is 1. The second kappa shape index (κ2) is 14.2. The summed E-state index contributed by atoms with van der Waals surface area (Å²) in [4.78, 5) is 25.8. The van der Waals surface area contributed by atoms with Gasteiger partial charge in [0.05, 0.1) is 11.5 Å². The number of carbonyl (C=O) groups excluding carboxylic acids is 2. The van der Waals surface area contributed by atoms with E-state index in [9.17, 15) is 18.0 Å². The molecule has 0 unspecified atom stereocenters. The Morgan fingerprint density at radius 2 is 1.47 bits per heavy atom. The SMILES string of the molecule is CCCCCCCCOC(=O)/C(=C/C=C/N(C(C)=O)c1ccccc1)S(=O)(=O)c1ccccc1. The Morgan fingerprint density at radius 3 is 2.09 bits per heavy atom. The van der Waals surface area contributed by atoms with Gasteiger partial charge >= 0.3 is 5.97 Å². The van der Waals surface area contributed by atoms with Crippen molar-refractivity contribution < 1.29 is 22.7 Å². The number of para-hydroxylation sites is 1. The average Bonchev–Trinajstić information content (AvgIpc) is 2.84. The van der Waals surface area contributed by atoms with E-state index in [-0.39, 0.29) is 17.4 Å². The molecule has 6 nitrogen and oxygen atoms in total. The van der Waals surface area contributed by atoms with Crippen molar-refractivity contribution in [2.45, 2.75) is 57.3 Å². The molecule has 1 amide bonds. The van der Waals surface area contributed by atoms with Gasteiger partial charge in [0.15, 0.2) is 4.91 Å². The van der Waals surface area contributed by atoms with Crippen LogP contribution in [0.4, 0.5) is 5.69 Å². The lowest BCUT2D eigenvalue weighted by atomic mass is 10.1. The second-order valence-corrected chi connectivity index (χ2v) is 9.74. The van der Waals surface area contributed by atoms with E-state index in [2.05, 4.69) is 6.92 Å². The highest BCUT2D eigenvalue weighted by molar-refractivity contribution is 7.96. The summed E-state index contributed by atoms with van der Waals surface area (Å²) in [6.07, 6.45) is 10.1. The van der Waals surface area contributed by atoms with Crippen LogP contribution in [0.25, 0.3) is 0 Å². The number of anilines is 1. The first-order valence-corrected chi connectivity index (χ1v) is 13.1. The predicted octanol–water partition coefficient (Wildman–Crippen LogP) is 5.81. The third-order valence-electron chi connectivity index (χ3n) is 5.13. The summed E-state index contributed by atoms with van der Waals surface area (Å²) in [5, 5.41) is 0. The van der Waals surface area contributed by atoms with Gasteiger partial charge in [0.25, 0.3) is 0 Å². The molecule has 2 rings (SSSR count). The van der Waals surface area contributed by atoms with Gasteiger partial charge in [0, 0.05) is 18.8 Å². The van der Waals surface area contributed by atoms with Crippen LogP contribution < -0.4 is 4.90 Å². The minimum absolute atomic E-state index is 0.00218. The first-order valence-electron chi connectivity index (χ1n) is 11.6. The number of nitrogens with zero attached hydrogens (tertiary/aromatic N) is 1. The number of esters is 1. The average molecular weight is 484 g/mol. The molecule has 0 saturated carbocycles. The molecule has 2 aromatic carbocycles. The largest absolute Gasteiger partial charge is 0.462 e. The Bertz CT molecular complexity index is 1080. The van der Waals surface area contributed by atoms with Crippen molar-refractivity contribution in [3.05, 3.63) is 83.9 Å². The number of rotatable bonds is 13. The zero-order valence-corrected chi connectivity index (χ0v) is 20.7. The van der Waals surface area contributed by atoms with E-state index in [1.54, 1.807) is 42.5 Å². The van der Waals surface area contributed by atoms with Crippen LogP contribution in [0.2, 0.25) is 0 Å². The van der Waals surface area contributed by atoms with Crippen LogP contribution in [0.3, 0.4) is 0 Å². The Labute approximate surface area is 202 Å². The van der Waals surface area contributed by atoms with Crippen molar-refractivity contribution in [2.75, 3.05) is 11.5 Å². The maximum atomic E-state index is 13.2. The van der Waals surface area contributed by atoms with Gasteiger partial charge in [-0.2, -0.15) is 0 Å². The molecule has 0 spiro atoms. The Kier molecular flexibility index (Phi) is 11.3. The zero-order chi connectivity index (χ0) is 24.8. The second-order valence-electron chi connectivity index (χ2n) is 7.82. The molecular weight excluding hydrogens is 450 g/mol. The van der Waals surface area contributed by atoms with Crippen LogP contribution in [0.1, 0.15) is 52.4 Å². The Morgan fingerprint density at radius 1 is 0.882 bits per heavy atom. The molecule has 182 valence electrons. The first-order chi connectivity index (χ1) is 16.4. The fourth-order valence-corrected chi connectivity index (χ4v) is 4.60. The first kappa shape index (κ1) is 27.1.